The lowest BCUT2D eigenvalue weighted by Gasteiger charge is -2.26. The highest BCUT2D eigenvalue weighted by atomic mass is 32.1. The maximum Gasteiger partial charge on any atom is 0.313 e. The number of benzene rings is 1. The van der Waals surface area contributed by atoms with Gasteiger partial charge in [0.05, 0.1) is 29.3 Å². The minimum absolute atomic E-state index is 0.155. The van der Waals surface area contributed by atoms with E-state index >= 15 is 0 Å². The smallest absolute Gasteiger partial charge is 0.313 e. The zero-order valence-corrected chi connectivity index (χ0v) is 18.0. The number of ether oxygens (including phenoxy) is 1. The zero-order valence-electron chi connectivity index (χ0n) is 17.2. The second-order valence-electron chi connectivity index (χ2n) is 7.23. The number of rotatable bonds is 7. The van der Waals surface area contributed by atoms with Crippen molar-refractivity contribution < 1.29 is 23.5 Å². The van der Waals surface area contributed by atoms with Gasteiger partial charge in [0, 0.05) is 18.3 Å². The summed E-state index contributed by atoms with van der Waals surface area (Å²) in [6, 6.07) is 8.38. The predicted molar refractivity (Wildman–Crippen MR) is 116 cm³/mol. The van der Waals surface area contributed by atoms with Crippen molar-refractivity contribution in [1.82, 2.24) is 15.6 Å². The highest BCUT2D eigenvalue weighted by Crippen LogP contribution is 2.32. The van der Waals surface area contributed by atoms with E-state index in [4.69, 9.17) is 9.15 Å². The number of aromatic nitrogens is 1. The Morgan fingerprint density at radius 2 is 2.00 bits per heavy atom. The van der Waals surface area contributed by atoms with E-state index in [1.807, 2.05) is 0 Å². The Labute approximate surface area is 182 Å². The summed E-state index contributed by atoms with van der Waals surface area (Å²) >= 11 is 1.32. The molecule has 0 unspecified atom stereocenters. The van der Waals surface area contributed by atoms with Crippen molar-refractivity contribution in [2.45, 2.75) is 19.4 Å². The second kappa shape index (κ2) is 9.43. The van der Waals surface area contributed by atoms with Crippen LogP contribution in [-0.4, -0.2) is 41.9 Å². The molecule has 0 bridgehead atoms. The highest BCUT2D eigenvalue weighted by Gasteiger charge is 2.25. The molecule has 0 radical (unpaired) electrons. The first-order valence-corrected chi connectivity index (χ1v) is 10.2. The van der Waals surface area contributed by atoms with Crippen LogP contribution in [0.15, 0.2) is 52.7 Å². The fourth-order valence-electron chi connectivity index (χ4n) is 2.71. The molecule has 2 heterocycles. The number of nitrogens with zero attached hydrogens (tertiary/aromatic N) is 1. The van der Waals surface area contributed by atoms with Gasteiger partial charge in [0.25, 0.3) is 5.91 Å². The highest BCUT2D eigenvalue weighted by molar-refractivity contribution is 7.12. The molecule has 0 saturated heterocycles. The van der Waals surface area contributed by atoms with Crippen LogP contribution in [0.1, 0.15) is 23.5 Å². The molecule has 1 aromatic carbocycles. The Morgan fingerprint density at radius 3 is 2.65 bits per heavy atom. The molecule has 3 amide bonds. The minimum atomic E-state index is -0.841. The maximum absolute atomic E-state index is 12.4. The lowest BCUT2D eigenvalue weighted by Crippen LogP contribution is -2.54. The third-order valence-electron chi connectivity index (χ3n) is 4.25. The lowest BCUT2D eigenvalue weighted by atomic mass is 10.1. The average molecular weight is 442 g/mol. The third kappa shape index (κ3) is 5.70. The largest absolute Gasteiger partial charge is 0.496 e. The van der Waals surface area contributed by atoms with Gasteiger partial charge in [-0.2, -0.15) is 0 Å². The van der Waals surface area contributed by atoms with E-state index in [-0.39, 0.29) is 12.5 Å². The minimum Gasteiger partial charge on any atom is -0.496 e. The molecule has 2 aromatic heterocycles. The Hall–Kier alpha value is -3.66. The molecule has 3 aromatic rings. The summed E-state index contributed by atoms with van der Waals surface area (Å²) < 4.78 is 10.6. The van der Waals surface area contributed by atoms with Gasteiger partial charge >= 0.3 is 11.8 Å². The molecular formula is C21H22N4O5S. The van der Waals surface area contributed by atoms with Crippen molar-refractivity contribution in [2.24, 2.45) is 0 Å². The Morgan fingerprint density at radius 1 is 1.19 bits per heavy atom. The van der Waals surface area contributed by atoms with Crippen molar-refractivity contribution in [1.29, 1.82) is 0 Å². The van der Waals surface area contributed by atoms with Gasteiger partial charge in [-0.25, -0.2) is 4.98 Å². The van der Waals surface area contributed by atoms with Gasteiger partial charge in [-0.3, -0.25) is 14.4 Å². The van der Waals surface area contributed by atoms with Gasteiger partial charge in [-0.1, -0.05) is 6.07 Å². The molecule has 0 aliphatic rings. The number of anilines is 1. The summed E-state index contributed by atoms with van der Waals surface area (Å²) in [7, 11) is 1.49. The normalized spacial score (nSPS) is 10.9. The van der Waals surface area contributed by atoms with Crippen molar-refractivity contribution >= 4 is 34.7 Å². The Kier molecular flexibility index (Phi) is 6.71. The van der Waals surface area contributed by atoms with Crippen LogP contribution >= 0.6 is 11.3 Å². The standard InChI is InChI=1S/C21H22N4O5S/c1-21(2,11-23-18(26)17-5-4-8-31-17)25-20(28)19(27)24-13-6-7-14(15(9-13)29-3)16-10-22-12-30-16/h4-10,12H,11H2,1-3H3,(H,23,26)(H,24,27)(H,25,28). The molecule has 31 heavy (non-hydrogen) atoms. The summed E-state index contributed by atoms with van der Waals surface area (Å²) in [6.45, 7) is 3.58. The fourth-order valence-corrected chi connectivity index (χ4v) is 3.35. The van der Waals surface area contributed by atoms with Crippen LogP contribution < -0.4 is 20.7 Å². The SMILES string of the molecule is COc1cc(NC(=O)C(=O)NC(C)(C)CNC(=O)c2cccs2)ccc1-c1cnco1. The maximum atomic E-state index is 12.4. The quantitative estimate of drug-likeness (QED) is 0.484. The molecule has 0 spiro atoms. The van der Waals surface area contributed by atoms with E-state index in [1.54, 1.807) is 55.8 Å². The molecule has 3 rings (SSSR count). The topological polar surface area (TPSA) is 123 Å². The average Bonchev–Trinajstić information content (AvgIpc) is 3.45. The number of methoxy groups -OCH3 is 1. The van der Waals surface area contributed by atoms with Crippen LogP contribution in [0.5, 0.6) is 5.75 Å². The van der Waals surface area contributed by atoms with E-state index in [2.05, 4.69) is 20.9 Å². The number of nitrogens with one attached hydrogen (secondary N) is 3. The first kappa shape index (κ1) is 22.0. The van der Waals surface area contributed by atoms with Crippen LogP contribution in [0, 0.1) is 0 Å². The van der Waals surface area contributed by atoms with Crippen LogP contribution in [-0.2, 0) is 9.59 Å². The molecule has 0 aliphatic heterocycles. The van der Waals surface area contributed by atoms with Crippen molar-refractivity contribution in [3.8, 4) is 17.1 Å². The Balaban J connectivity index is 1.58. The monoisotopic (exact) mass is 442 g/mol. The number of hydrogen-bond donors (Lipinski definition) is 3. The summed E-state index contributed by atoms with van der Waals surface area (Å²) in [5.41, 5.74) is 0.198. The summed E-state index contributed by atoms with van der Waals surface area (Å²) in [5.74, 6) is -0.938. The summed E-state index contributed by atoms with van der Waals surface area (Å²) in [6.07, 6.45) is 2.85. The number of hydrogen-bond acceptors (Lipinski definition) is 7. The van der Waals surface area contributed by atoms with Crippen LogP contribution in [0.3, 0.4) is 0 Å². The van der Waals surface area contributed by atoms with Crippen molar-refractivity contribution in [3.63, 3.8) is 0 Å². The molecule has 0 fully saturated rings. The first-order valence-electron chi connectivity index (χ1n) is 9.31. The number of carbonyl (C=O) groups is 3. The molecule has 10 heteroatoms. The first-order chi connectivity index (χ1) is 14.8. The number of carbonyl (C=O) groups excluding carboxylic acids is 3. The molecule has 0 atom stereocenters. The van der Waals surface area contributed by atoms with Gasteiger partial charge < -0.3 is 25.1 Å². The number of amides is 3. The van der Waals surface area contributed by atoms with Crippen LogP contribution in [0.2, 0.25) is 0 Å². The fraction of sp³-hybridized carbons (Fsp3) is 0.238. The van der Waals surface area contributed by atoms with Crippen LogP contribution in [0.4, 0.5) is 5.69 Å². The van der Waals surface area contributed by atoms with Crippen LogP contribution in [0.25, 0.3) is 11.3 Å². The van der Waals surface area contributed by atoms with Gasteiger partial charge in [0.1, 0.15) is 5.75 Å². The summed E-state index contributed by atoms with van der Waals surface area (Å²) in [5, 5.41) is 9.71. The van der Waals surface area contributed by atoms with Gasteiger partial charge in [0.2, 0.25) is 0 Å². The van der Waals surface area contributed by atoms with Crippen molar-refractivity contribution in [2.75, 3.05) is 19.0 Å². The van der Waals surface area contributed by atoms with Gasteiger partial charge in [-0.05, 0) is 37.4 Å². The number of oxazole rings is 1. The lowest BCUT2D eigenvalue weighted by molar-refractivity contribution is -0.137. The van der Waals surface area contributed by atoms with Gasteiger partial charge in [0.15, 0.2) is 12.2 Å². The third-order valence-corrected chi connectivity index (χ3v) is 5.12. The van der Waals surface area contributed by atoms with Crippen molar-refractivity contribution in [3.05, 3.63) is 53.2 Å². The molecule has 9 nitrogen and oxygen atoms in total. The van der Waals surface area contributed by atoms with E-state index < -0.39 is 17.4 Å². The zero-order chi connectivity index (χ0) is 22.4. The van der Waals surface area contributed by atoms with E-state index in [0.29, 0.717) is 27.6 Å². The van der Waals surface area contributed by atoms with E-state index in [9.17, 15) is 14.4 Å². The predicted octanol–water partition coefficient (Wildman–Crippen LogP) is 2.68. The molecule has 0 aliphatic carbocycles. The summed E-state index contributed by atoms with van der Waals surface area (Å²) in [4.78, 5) is 41.2. The second-order valence-corrected chi connectivity index (χ2v) is 8.18. The van der Waals surface area contributed by atoms with E-state index in [1.165, 1.54) is 24.8 Å². The molecular weight excluding hydrogens is 420 g/mol. The number of thiophene rings is 1. The van der Waals surface area contributed by atoms with E-state index in [0.717, 1.165) is 0 Å². The molecule has 162 valence electrons. The molecule has 3 N–H and O–H groups in total. The van der Waals surface area contributed by atoms with Gasteiger partial charge in [-0.15, -0.1) is 11.3 Å². The molecule has 0 saturated carbocycles. The Bertz CT molecular complexity index is 1060.